The monoisotopic (exact) mass is 185 g/mol. The summed E-state index contributed by atoms with van der Waals surface area (Å²) in [6, 6.07) is 0. The smallest absolute Gasteiger partial charge is 0.0790 e. The normalized spacial score (nSPS) is 18.7. The van der Waals surface area contributed by atoms with E-state index in [-0.39, 0.29) is 0 Å². The van der Waals surface area contributed by atoms with E-state index in [2.05, 4.69) is 19.3 Å². The first kappa shape index (κ1) is 11.0. The first-order valence-electron chi connectivity index (χ1n) is 5.67. The van der Waals surface area contributed by atoms with Gasteiger partial charge in [-0.3, -0.25) is 4.84 Å². The van der Waals surface area contributed by atoms with Gasteiger partial charge >= 0.3 is 0 Å². The zero-order valence-electron chi connectivity index (χ0n) is 9.01. The second kappa shape index (κ2) is 6.39. The Balaban J connectivity index is 1.83. The number of hydrogen-bond donors (Lipinski definition) is 1. The Morgan fingerprint density at radius 3 is 2.62 bits per heavy atom. The average molecular weight is 185 g/mol. The highest BCUT2D eigenvalue weighted by Gasteiger charge is 2.14. The minimum Gasteiger partial charge on any atom is -0.299 e. The van der Waals surface area contributed by atoms with E-state index in [4.69, 9.17) is 4.84 Å². The summed E-state index contributed by atoms with van der Waals surface area (Å²) in [6.07, 6.45) is 8.20. The molecule has 0 saturated heterocycles. The van der Waals surface area contributed by atoms with Gasteiger partial charge in [-0.2, -0.15) is 0 Å². The molecule has 1 fully saturated rings. The Hall–Kier alpha value is -0.0800. The van der Waals surface area contributed by atoms with Crippen LogP contribution in [0.15, 0.2) is 0 Å². The van der Waals surface area contributed by atoms with Gasteiger partial charge in [0.2, 0.25) is 0 Å². The minimum atomic E-state index is 0.499. The van der Waals surface area contributed by atoms with Gasteiger partial charge in [0.25, 0.3) is 0 Å². The van der Waals surface area contributed by atoms with Crippen LogP contribution in [0.2, 0.25) is 0 Å². The second-order valence-electron chi connectivity index (χ2n) is 4.45. The number of rotatable bonds is 6. The summed E-state index contributed by atoms with van der Waals surface area (Å²) >= 11 is 0. The second-order valence-corrected chi connectivity index (χ2v) is 4.45. The van der Waals surface area contributed by atoms with Crippen LogP contribution in [0.4, 0.5) is 0 Å². The van der Waals surface area contributed by atoms with Crippen molar-refractivity contribution in [3.63, 3.8) is 0 Å². The largest absolute Gasteiger partial charge is 0.299 e. The van der Waals surface area contributed by atoms with Gasteiger partial charge in [0, 0.05) is 6.54 Å². The standard InChI is InChI=1S/C11H23NO/c1-10(2)6-5-9-12-13-11-7-3-4-8-11/h10-12H,3-9H2,1-2H3. The predicted molar refractivity (Wildman–Crippen MR) is 55.4 cm³/mol. The molecule has 1 rings (SSSR count). The van der Waals surface area contributed by atoms with Crippen molar-refractivity contribution in [1.29, 1.82) is 0 Å². The molecule has 1 aliphatic carbocycles. The van der Waals surface area contributed by atoms with Crippen molar-refractivity contribution in [2.45, 2.75) is 58.5 Å². The van der Waals surface area contributed by atoms with Crippen molar-refractivity contribution < 1.29 is 4.84 Å². The van der Waals surface area contributed by atoms with Gasteiger partial charge in [-0.25, -0.2) is 5.48 Å². The highest BCUT2D eigenvalue weighted by Crippen LogP contribution is 2.19. The minimum absolute atomic E-state index is 0.499. The molecule has 0 aromatic rings. The quantitative estimate of drug-likeness (QED) is 0.507. The fourth-order valence-corrected chi connectivity index (χ4v) is 1.77. The number of nitrogens with one attached hydrogen (secondary N) is 1. The van der Waals surface area contributed by atoms with E-state index in [1.165, 1.54) is 38.5 Å². The van der Waals surface area contributed by atoms with Crippen LogP contribution >= 0.6 is 0 Å². The summed E-state index contributed by atoms with van der Waals surface area (Å²) in [6.45, 7) is 5.53. The van der Waals surface area contributed by atoms with Crippen LogP contribution in [0.5, 0.6) is 0 Å². The Morgan fingerprint density at radius 1 is 1.31 bits per heavy atom. The summed E-state index contributed by atoms with van der Waals surface area (Å²) in [5.74, 6) is 0.813. The molecule has 1 N–H and O–H groups in total. The van der Waals surface area contributed by atoms with E-state index in [1.807, 2.05) is 0 Å². The van der Waals surface area contributed by atoms with Gasteiger partial charge in [-0.1, -0.05) is 26.7 Å². The highest BCUT2D eigenvalue weighted by atomic mass is 16.7. The molecule has 2 heteroatoms. The maximum Gasteiger partial charge on any atom is 0.0790 e. The Kier molecular flexibility index (Phi) is 5.40. The van der Waals surface area contributed by atoms with E-state index in [1.54, 1.807) is 0 Å². The number of hydrogen-bond acceptors (Lipinski definition) is 2. The third-order valence-corrected chi connectivity index (χ3v) is 2.61. The van der Waals surface area contributed by atoms with Crippen LogP contribution in [0.25, 0.3) is 0 Å². The van der Waals surface area contributed by atoms with Crippen molar-refractivity contribution in [2.75, 3.05) is 6.54 Å². The van der Waals surface area contributed by atoms with E-state index >= 15 is 0 Å². The third-order valence-electron chi connectivity index (χ3n) is 2.61. The SMILES string of the molecule is CC(C)CCCNOC1CCCC1. The predicted octanol–water partition coefficient (Wildman–Crippen LogP) is 2.89. The Labute approximate surface area is 82.0 Å². The fourth-order valence-electron chi connectivity index (χ4n) is 1.77. The lowest BCUT2D eigenvalue weighted by molar-refractivity contribution is -0.0212. The van der Waals surface area contributed by atoms with Gasteiger partial charge in [0.05, 0.1) is 6.10 Å². The van der Waals surface area contributed by atoms with Crippen LogP contribution in [0.3, 0.4) is 0 Å². The molecule has 0 atom stereocenters. The lowest BCUT2D eigenvalue weighted by Gasteiger charge is -2.11. The van der Waals surface area contributed by atoms with Gasteiger partial charge in [0.15, 0.2) is 0 Å². The average Bonchev–Trinajstić information content (AvgIpc) is 2.55. The molecule has 0 bridgehead atoms. The molecule has 0 amide bonds. The van der Waals surface area contributed by atoms with Crippen LogP contribution < -0.4 is 5.48 Å². The van der Waals surface area contributed by atoms with Crippen LogP contribution in [0.1, 0.15) is 52.4 Å². The van der Waals surface area contributed by atoms with Crippen LogP contribution in [-0.2, 0) is 4.84 Å². The van der Waals surface area contributed by atoms with Crippen molar-refractivity contribution in [2.24, 2.45) is 5.92 Å². The highest BCUT2D eigenvalue weighted by molar-refractivity contribution is 4.65. The van der Waals surface area contributed by atoms with Gasteiger partial charge in [-0.05, 0) is 31.6 Å². The molecule has 2 nitrogen and oxygen atoms in total. The molecule has 13 heavy (non-hydrogen) atoms. The van der Waals surface area contributed by atoms with Gasteiger partial charge in [0.1, 0.15) is 0 Å². The van der Waals surface area contributed by atoms with Gasteiger partial charge < -0.3 is 0 Å². The first-order valence-corrected chi connectivity index (χ1v) is 5.67. The maximum atomic E-state index is 5.53. The van der Waals surface area contributed by atoms with Crippen molar-refractivity contribution in [3.05, 3.63) is 0 Å². The molecule has 0 radical (unpaired) electrons. The lowest BCUT2D eigenvalue weighted by Crippen LogP contribution is -2.22. The third kappa shape index (κ3) is 5.27. The summed E-state index contributed by atoms with van der Waals surface area (Å²) in [4.78, 5) is 5.53. The maximum absolute atomic E-state index is 5.53. The van der Waals surface area contributed by atoms with E-state index in [0.717, 1.165) is 12.5 Å². The molecule has 1 aliphatic rings. The molecule has 0 aromatic heterocycles. The molecular formula is C11H23NO. The molecule has 0 heterocycles. The van der Waals surface area contributed by atoms with Crippen LogP contribution in [0, 0.1) is 5.92 Å². The summed E-state index contributed by atoms with van der Waals surface area (Å²) in [5, 5.41) is 0. The van der Waals surface area contributed by atoms with E-state index in [0.29, 0.717) is 6.10 Å². The summed E-state index contributed by atoms with van der Waals surface area (Å²) < 4.78 is 0. The zero-order valence-corrected chi connectivity index (χ0v) is 9.01. The molecular weight excluding hydrogens is 162 g/mol. The van der Waals surface area contributed by atoms with Crippen molar-refractivity contribution in [1.82, 2.24) is 5.48 Å². The Bertz CT molecular complexity index is 119. The number of hydroxylamine groups is 1. The molecule has 1 saturated carbocycles. The lowest BCUT2D eigenvalue weighted by atomic mass is 10.1. The van der Waals surface area contributed by atoms with E-state index < -0.39 is 0 Å². The van der Waals surface area contributed by atoms with Gasteiger partial charge in [-0.15, -0.1) is 0 Å². The Morgan fingerprint density at radius 2 is 2.00 bits per heavy atom. The topological polar surface area (TPSA) is 21.3 Å². The molecule has 0 spiro atoms. The fraction of sp³-hybridized carbons (Fsp3) is 1.00. The first-order chi connectivity index (χ1) is 6.29. The summed E-state index contributed by atoms with van der Waals surface area (Å²) in [7, 11) is 0. The van der Waals surface area contributed by atoms with Crippen molar-refractivity contribution >= 4 is 0 Å². The van der Waals surface area contributed by atoms with E-state index in [9.17, 15) is 0 Å². The van der Waals surface area contributed by atoms with Crippen molar-refractivity contribution in [3.8, 4) is 0 Å². The molecule has 0 unspecified atom stereocenters. The molecule has 78 valence electrons. The molecule has 0 aliphatic heterocycles. The molecule has 0 aromatic carbocycles. The zero-order chi connectivity index (χ0) is 9.52. The summed E-state index contributed by atoms with van der Waals surface area (Å²) in [5.41, 5.74) is 3.08. The van der Waals surface area contributed by atoms with Crippen LogP contribution in [-0.4, -0.2) is 12.6 Å².